The largest absolute Gasteiger partial charge is 0.360 e. The molecule has 0 unspecified atom stereocenters. The lowest BCUT2D eigenvalue weighted by Gasteiger charge is -1.93. The van der Waals surface area contributed by atoms with Crippen molar-refractivity contribution in [2.24, 2.45) is 0 Å². The average molecular weight is 166 g/mol. The van der Waals surface area contributed by atoms with Gasteiger partial charge in [-0.25, -0.2) is 0 Å². The van der Waals surface area contributed by atoms with E-state index in [0.29, 0.717) is 24.9 Å². The van der Waals surface area contributed by atoms with Gasteiger partial charge in [0.05, 0.1) is 5.56 Å². The van der Waals surface area contributed by atoms with Crippen molar-refractivity contribution in [3.8, 4) is 0 Å². The van der Waals surface area contributed by atoms with Crippen molar-refractivity contribution in [3.05, 3.63) is 17.0 Å². The zero-order valence-electron chi connectivity index (χ0n) is 6.89. The molecule has 1 aromatic rings. The number of carbonyl (C=O) groups is 1. The molecule has 1 N–H and O–H groups in total. The highest BCUT2D eigenvalue weighted by Crippen LogP contribution is 2.24. The fraction of sp³-hybridized carbons (Fsp3) is 0.500. The molecule has 0 spiro atoms. The van der Waals surface area contributed by atoms with Crippen LogP contribution < -0.4 is 5.32 Å². The third-order valence-corrected chi connectivity index (χ3v) is 2.04. The molecule has 0 saturated carbocycles. The molecule has 4 nitrogen and oxygen atoms in total. The van der Waals surface area contributed by atoms with Gasteiger partial charge in [-0.3, -0.25) is 4.79 Å². The highest BCUT2D eigenvalue weighted by molar-refractivity contribution is 6.00. The summed E-state index contributed by atoms with van der Waals surface area (Å²) >= 11 is 0. The van der Waals surface area contributed by atoms with Gasteiger partial charge in [-0.1, -0.05) is 5.16 Å². The van der Waals surface area contributed by atoms with Crippen molar-refractivity contribution >= 4 is 5.78 Å². The number of aryl methyl sites for hydroxylation is 1. The Morgan fingerprint density at radius 3 is 3.17 bits per heavy atom. The molecule has 0 radical (unpaired) electrons. The molecule has 0 atom stereocenters. The van der Waals surface area contributed by atoms with E-state index in [2.05, 4.69) is 10.5 Å². The zero-order valence-corrected chi connectivity index (χ0v) is 6.89. The van der Waals surface area contributed by atoms with Crippen LogP contribution in [0.25, 0.3) is 0 Å². The van der Waals surface area contributed by atoms with Gasteiger partial charge in [0.25, 0.3) is 0 Å². The van der Waals surface area contributed by atoms with Crippen molar-refractivity contribution in [3.63, 3.8) is 0 Å². The van der Waals surface area contributed by atoms with E-state index in [9.17, 15) is 4.79 Å². The molecule has 0 saturated heterocycles. The van der Waals surface area contributed by atoms with Crippen molar-refractivity contribution < 1.29 is 9.32 Å². The van der Waals surface area contributed by atoms with E-state index in [-0.39, 0.29) is 5.78 Å². The minimum Gasteiger partial charge on any atom is -0.360 e. The van der Waals surface area contributed by atoms with Gasteiger partial charge < -0.3 is 9.84 Å². The molecule has 0 fully saturated rings. The molecule has 12 heavy (non-hydrogen) atoms. The van der Waals surface area contributed by atoms with Crippen LogP contribution in [0.2, 0.25) is 0 Å². The minimum atomic E-state index is 0.163. The second-order valence-electron chi connectivity index (χ2n) is 2.88. The minimum absolute atomic E-state index is 0.163. The van der Waals surface area contributed by atoms with E-state index in [1.807, 2.05) is 7.05 Å². The van der Waals surface area contributed by atoms with Gasteiger partial charge in [0, 0.05) is 19.4 Å². The van der Waals surface area contributed by atoms with Crippen LogP contribution in [0.4, 0.5) is 0 Å². The summed E-state index contributed by atoms with van der Waals surface area (Å²) in [4.78, 5) is 11.3. The van der Waals surface area contributed by atoms with Crippen molar-refractivity contribution in [2.45, 2.75) is 19.4 Å². The van der Waals surface area contributed by atoms with Gasteiger partial charge in [-0.05, 0) is 7.05 Å². The summed E-state index contributed by atoms with van der Waals surface area (Å²) in [5.41, 5.74) is 1.46. The summed E-state index contributed by atoms with van der Waals surface area (Å²) in [6.07, 6.45) is 1.29. The highest BCUT2D eigenvalue weighted by atomic mass is 16.5. The molecule has 1 aromatic heterocycles. The Morgan fingerprint density at radius 2 is 2.42 bits per heavy atom. The number of ketones is 1. The Labute approximate surface area is 69.9 Å². The molecule has 4 heteroatoms. The second-order valence-corrected chi connectivity index (χ2v) is 2.88. The Morgan fingerprint density at radius 1 is 1.58 bits per heavy atom. The average Bonchev–Trinajstić information content (AvgIpc) is 2.58. The van der Waals surface area contributed by atoms with Crippen LogP contribution in [0.1, 0.15) is 28.2 Å². The predicted molar refractivity (Wildman–Crippen MR) is 41.9 cm³/mol. The van der Waals surface area contributed by atoms with Crippen LogP contribution in [-0.2, 0) is 13.0 Å². The maximum Gasteiger partial charge on any atom is 0.168 e. The van der Waals surface area contributed by atoms with Crippen LogP contribution >= 0.6 is 0 Å². The van der Waals surface area contributed by atoms with Gasteiger partial charge in [0.15, 0.2) is 5.78 Å². The zero-order chi connectivity index (χ0) is 8.55. The number of Topliss-reactive ketones (excluding diaryl/α,β-unsaturated/α-hetero) is 1. The van der Waals surface area contributed by atoms with Crippen LogP contribution in [0.5, 0.6) is 0 Å². The predicted octanol–water partition coefficient (Wildman–Crippen LogP) is 0.523. The number of rotatable bonds is 2. The first-order valence-corrected chi connectivity index (χ1v) is 3.98. The first-order valence-electron chi connectivity index (χ1n) is 3.98. The Bertz CT molecular complexity index is 317. The number of hydrogen-bond acceptors (Lipinski definition) is 4. The first-order chi connectivity index (χ1) is 5.83. The van der Waals surface area contributed by atoms with Crippen LogP contribution in [0, 0.1) is 0 Å². The Hall–Kier alpha value is -1.16. The Kier molecular flexibility index (Phi) is 1.69. The quantitative estimate of drug-likeness (QED) is 0.696. The standard InChI is InChI=1S/C8H10N2O2/c1-9-4-5-8-6(11)2-3-7(8)12-10-5/h9H,2-4H2,1H3. The van der Waals surface area contributed by atoms with E-state index in [1.165, 1.54) is 0 Å². The number of nitrogens with one attached hydrogen (secondary N) is 1. The van der Waals surface area contributed by atoms with E-state index in [0.717, 1.165) is 11.5 Å². The van der Waals surface area contributed by atoms with Gasteiger partial charge >= 0.3 is 0 Å². The van der Waals surface area contributed by atoms with Crippen LogP contribution in [0.3, 0.4) is 0 Å². The molecule has 1 heterocycles. The van der Waals surface area contributed by atoms with E-state index >= 15 is 0 Å². The van der Waals surface area contributed by atoms with Crippen molar-refractivity contribution in [1.82, 2.24) is 10.5 Å². The Balaban J connectivity index is 2.39. The van der Waals surface area contributed by atoms with Crippen LogP contribution in [0.15, 0.2) is 4.52 Å². The number of hydrogen-bond donors (Lipinski definition) is 1. The molecule has 2 rings (SSSR count). The van der Waals surface area contributed by atoms with E-state index in [1.54, 1.807) is 0 Å². The van der Waals surface area contributed by atoms with Crippen LogP contribution in [-0.4, -0.2) is 18.0 Å². The summed E-state index contributed by atoms with van der Waals surface area (Å²) in [5, 5.41) is 6.77. The molecule has 0 aromatic carbocycles. The van der Waals surface area contributed by atoms with E-state index in [4.69, 9.17) is 4.52 Å². The normalized spacial score (nSPS) is 15.2. The molecule has 1 aliphatic rings. The lowest BCUT2D eigenvalue weighted by Crippen LogP contribution is -2.08. The lowest BCUT2D eigenvalue weighted by atomic mass is 10.2. The maximum absolute atomic E-state index is 11.3. The SMILES string of the molecule is CNCc1noc2c1C(=O)CC2. The number of carbonyl (C=O) groups excluding carboxylic acids is 1. The molecule has 64 valence electrons. The summed E-state index contributed by atoms with van der Waals surface area (Å²) in [6.45, 7) is 0.602. The molecule has 0 aliphatic heterocycles. The first kappa shape index (κ1) is 7.49. The van der Waals surface area contributed by atoms with Gasteiger partial charge in [0.1, 0.15) is 11.5 Å². The van der Waals surface area contributed by atoms with Gasteiger partial charge in [0.2, 0.25) is 0 Å². The second kappa shape index (κ2) is 2.71. The summed E-state index contributed by atoms with van der Waals surface area (Å²) in [6, 6.07) is 0. The fourth-order valence-corrected chi connectivity index (χ4v) is 1.49. The third kappa shape index (κ3) is 0.956. The third-order valence-electron chi connectivity index (χ3n) is 2.04. The van der Waals surface area contributed by atoms with E-state index < -0.39 is 0 Å². The fourth-order valence-electron chi connectivity index (χ4n) is 1.49. The molecular formula is C8H10N2O2. The van der Waals surface area contributed by atoms with Gasteiger partial charge in [-0.2, -0.15) is 0 Å². The lowest BCUT2D eigenvalue weighted by molar-refractivity contribution is 0.0993. The van der Waals surface area contributed by atoms with Crippen molar-refractivity contribution in [1.29, 1.82) is 0 Å². The maximum atomic E-state index is 11.3. The molecule has 1 aliphatic carbocycles. The smallest absolute Gasteiger partial charge is 0.168 e. The summed E-state index contributed by atoms with van der Waals surface area (Å²) in [7, 11) is 1.82. The number of fused-ring (bicyclic) bond motifs is 1. The molecule has 0 amide bonds. The topological polar surface area (TPSA) is 55.1 Å². The summed E-state index contributed by atoms with van der Waals surface area (Å²) in [5.74, 6) is 0.918. The number of nitrogens with zero attached hydrogens (tertiary/aromatic N) is 1. The highest BCUT2D eigenvalue weighted by Gasteiger charge is 2.27. The van der Waals surface area contributed by atoms with Gasteiger partial charge in [-0.15, -0.1) is 0 Å². The monoisotopic (exact) mass is 166 g/mol. The molecular weight excluding hydrogens is 156 g/mol. The summed E-state index contributed by atoms with van der Waals surface area (Å²) < 4.78 is 5.02. The number of aromatic nitrogens is 1. The molecule has 0 bridgehead atoms. The van der Waals surface area contributed by atoms with Crippen molar-refractivity contribution in [2.75, 3.05) is 7.05 Å².